The van der Waals surface area contributed by atoms with Gasteiger partial charge < -0.3 is 16.5 Å². The molecule has 0 aliphatic heterocycles. The highest BCUT2D eigenvalue weighted by Gasteiger charge is 2.11. The molecular formula is C8H11N5O2. The van der Waals surface area contributed by atoms with Crippen LogP contribution in [0.1, 0.15) is 0 Å². The van der Waals surface area contributed by atoms with Crippen molar-refractivity contribution in [3.63, 3.8) is 0 Å². The van der Waals surface area contributed by atoms with Crippen molar-refractivity contribution in [3.05, 3.63) is 35.0 Å². The number of pyridine rings is 1. The zero-order chi connectivity index (χ0) is 11.8. The topological polar surface area (TPSA) is 118 Å². The maximum atomic E-state index is 10.3. The first-order valence-electron chi connectivity index (χ1n) is 3.79. The number of nitrogens with one attached hydrogen (secondary N) is 2. The van der Waals surface area contributed by atoms with Crippen molar-refractivity contribution in [2.45, 2.75) is 0 Å². The summed E-state index contributed by atoms with van der Waals surface area (Å²) in [4.78, 5) is 13.5. The Morgan fingerprint density at radius 2 is 2.20 bits per heavy atom. The van der Waals surface area contributed by atoms with Gasteiger partial charge in [-0.3, -0.25) is 10.1 Å². The third kappa shape index (κ3) is 3.43. The van der Waals surface area contributed by atoms with Crippen LogP contribution in [0.15, 0.2) is 24.9 Å². The second-order valence-corrected chi connectivity index (χ2v) is 2.21. The molecule has 0 unspecified atom stereocenters. The van der Waals surface area contributed by atoms with Crippen LogP contribution in [0.4, 0.5) is 17.3 Å². The largest absolute Gasteiger partial charge is 0.378 e. The Morgan fingerprint density at radius 3 is 2.60 bits per heavy atom. The van der Waals surface area contributed by atoms with Crippen molar-refractivity contribution in [3.8, 4) is 0 Å². The molecule has 1 aromatic heterocycles. The molecule has 0 aromatic carbocycles. The highest BCUT2D eigenvalue weighted by Crippen LogP contribution is 2.20. The summed E-state index contributed by atoms with van der Waals surface area (Å²) < 4.78 is 0. The zero-order valence-corrected chi connectivity index (χ0v) is 7.93. The molecule has 0 atom stereocenters. The van der Waals surface area contributed by atoms with Crippen LogP contribution in [0.3, 0.4) is 0 Å². The maximum Gasteiger partial charge on any atom is 0.311 e. The number of nitrogens with zero attached hydrogens (tertiary/aromatic N) is 2. The normalized spacial score (nSPS) is 8.27. The molecule has 7 nitrogen and oxygen atoms in total. The van der Waals surface area contributed by atoms with Crippen LogP contribution in [-0.2, 0) is 0 Å². The van der Waals surface area contributed by atoms with Gasteiger partial charge in [0.2, 0.25) is 5.82 Å². The van der Waals surface area contributed by atoms with E-state index < -0.39 is 4.92 Å². The minimum Gasteiger partial charge on any atom is -0.378 e. The van der Waals surface area contributed by atoms with Gasteiger partial charge in [-0.15, -0.1) is 0 Å². The van der Waals surface area contributed by atoms with Crippen LogP contribution < -0.4 is 11.1 Å². The summed E-state index contributed by atoms with van der Waals surface area (Å²) in [6.07, 6.45) is 1.41. The van der Waals surface area contributed by atoms with Crippen molar-refractivity contribution in [2.24, 2.45) is 0 Å². The molecule has 0 saturated carbocycles. The van der Waals surface area contributed by atoms with E-state index in [-0.39, 0.29) is 11.5 Å². The number of nitrogens with two attached hydrogens (primary N) is 1. The first kappa shape index (κ1) is 12.6. The lowest BCUT2D eigenvalue weighted by Gasteiger charge is -2.00. The summed E-state index contributed by atoms with van der Waals surface area (Å²) in [5.74, 6) is 0.315. The molecule has 1 heterocycles. The molecule has 1 rings (SSSR count). The van der Waals surface area contributed by atoms with E-state index in [4.69, 9.17) is 11.1 Å². The lowest BCUT2D eigenvalue weighted by atomic mass is 10.4. The predicted octanol–water partition coefficient (Wildman–Crippen LogP) is 1.39. The molecule has 0 radical (unpaired) electrons. The van der Waals surface area contributed by atoms with Crippen LogP contribution in [0, 0.1) is 15.5 Å². The van der Waals surface area contributed by atoms with E-state index >= 15 is 0 Å². The van der Waals surface area contributed by atoms with E-state index in [1.165, 1.54) is 18.3 Å². The zero-order valence-electron chi connectivity index (χ0n) is 7.93. The molecule has 0 bridgehead atoms. The van der Waals surface area contributed by atoms with Gasteiger partial charge in [0.1, 0.15) is 5.82 Å². The van der Waals surface area contributed by atoms with Gasteiger partial charge in [0, 0.05) is 6.07 Å². The first-order chi connectivity index (χ1) is 7.15. The van der Waals surface area contributed by atoms with Crippen LogP contribution in [0.5, 0.6) is 0 Å². The Morgan fingerprint density at radius 1 is 1.60 bits per heavy atom. The van der Waals surface area contributed by atoms with Crippen molar-refractivity contribution in [1.29, 1.82) is 5.41 Å². The molecule has 0 fully saturated rings. The number of nitrogen functional groups attached to an aromatic ring is 1. The molecule has 0 aliphatic carbocycles. The standard InChI is InChI=1S/C7H8N4O2.CH3N/c1-2-9-6-4-3-5(11(12)13)7(8)10-6;1-2/h2-4H,1H2,(H3,8,9,10);2H,1H2. The van der Waals surface area contributed by atoms with Crippen molar-refractivity contribution >= 4 is 24.0 Å². The van der Waals surface area contributed by atoms with E-state index in [1.807, 2.05) is 0 Å². The van der Waals surface area contributed by atoms with E-state index in [2.05, 4.69) is 23.6 Å². The van der Waals surface area contributed by atoms with Crippen molar-refractivity contribution in [1.82, 2.24) is 4.98 Å². The predicted molar refractivity (Wildman–Crippen MR) is 59.0 cm³/mol. The summed E-state index contributed by atoms with van der Waals surface area (Å²) in [5.41, 5.74) is 5.13. The fourth-order valence-electron chi connectivity index (χ4n) is 0.807. The lowest BCUT2D eigenvalue weighted by Crippen LogP contribution is -2.00. The van der Waals surface area contributed by atoms with Gasteiger partial charge in [0.15, 0.2) is 0 Å². The van der Waals surface area contributed by atoms with Gasteiger partial charge in [-0.1, -0.05) is 6.58 Å². The van der Waals surface area contributed by atoms with Crippen molar-refractivity contribution in [2.75, 3.05) is 11.1 Å². The van der Waals surface area contributed by atoms with Crippen LogP contribution in [0.25, 0.3) is 0 Å². The molecule has 7 heteroatoms. The number of aromatic nitrogens is 1. The average Bonchev–Trinajstić information content (AvgIpc) is 2.21. The molecule has 0 spiro atoms. The van der Waals surface area contributed by atoms with E-state index in [1.54, 1.807) is 0 Å². The Labute approximate surface area is 86.3 Å². The molecule has 15 heavy (non-hydrogen) atoms. The second-order valence-electron chi connectivity index (χ2n) is 2.21. The number of nitro groups is 1. The summed E-state index contributed by atoms with van der Waals surface area (Å²) in [7, 11) is 0. The molecule has 0 amide bonds. The Kier molecular flexibility index (Phi) is 5.09. The molecule has 1 aromatic rings. The molecule has 4 N–H and O–H groups in total. The summed E-state index contributed by atoms with van der Waals surface area (Å²) >= 11 is 0. The molecular weight excluding hydrogens is 198 g/mol. The fraction of sp³-hybridized carbons (Fsp3) is 0. The molecule has 0 aliphatic rings. The number of rotatable bonds is 3. The van der Waals surface area contributed by atoms with Crippen LogP contribution in [0.2, 0.25) is 0 Å². The molecule has 0 saturated heterocycles. The van der Waals surface area contributed by atoms with Crippen LogP contribution in [-0.4, -0.2) is 16.6 Å². The minimum atomic E-state index is -0.583. The van der Waals surface area contributed by atoms with Crippen molar-refractivity contribution < 1.29 is 4.92 Å². The van der Waals surface area contributed by atoms with E-state index in [0.29, 0.717) is 5.82 Å². The Hall–Kier alpha value is -2.44. The first-order valence-corrected chi connectivity index (χ1v) is 3.79. The fourth-order valence-corrected chi connectivity index (χ4v) is 0.807. The Balaban J connectivity index is 0.000000921. The number of anilines is 2. The van der Waals surface area contributed by atoms with E-state index in [9.17, 15) is 10.1 Å². The maximum absolute atomic E-state index is 10.3. The molecule has 80 valence electrons. The highest BCUT2D eigenvalue weighted by molar-refractivity contribution is 5.57. The van der Waals surface area contributed by atoms with Gasteiger partial charge in [0.25, 0.3) is 0 Å². The summed E-state index contributed by atoms with van der Waals surface area (Å²) in [5, 5.41) is 18.5. The second kappa shape index (κ2) is 6.08. The average molecular weight is 209 g/mol. The van der Waals surface area contributed by atoms with Gasteiger partial charge >= 0.3 is 5.69 Å². The Bertz CT molecular complexity index is 366. The number of hydrogen-bond donors (Lipinski definition) is 3. The lowest BCUT2D eigenvalue weighted by molar-refractivity contribution is -0.384. The van der Waals surface area contributed by atoms with Gasteiger partial charge in [-0.2, -0.15) is 0 Å². The number of hydrogen-bond acceptors (Lipinski definition) is 6. The minimum absolute atomic E-state index is 0.114. The van der Waals surface area contributed by atoms with Crippen LogP contribution >= 0.6 is 0 Å². The third-order valence-electron chi connectivity index (χ3n) is 1.35. The van der Waals surface area contributed by atoms with Gasteiger partial charge in [-0.05, 0) is 19.0 Å². The smallest absolute Gasteiger partial charge is 0.311 e. The van der Waals surface area contributed by atoms with Gasteiger partial charge in [-0.25, -0.2) is 4.98 Å². The summed E-state index contributed by atoms with van der Waals surface area (Å²) in [6, 6.07) is 2.74. The van der Waals surface area contributed by atoms with E-state index in [0.717, 1.165) is 0 Å². The highest BCUT2D eigenvalue weighted by atomic mass is 16.6. The monoisotopic (exact) mass is 209 g/mol. The quantitative estimate of drug-likeness (QED) is 0.395. The van der Waals surface area contributed by atoms with Gasteiger partial charge in [0.05, 0.1) is 4.92 Å². The third-order valence-corrected chi connectivity index (χ3v) is 1.35. The summed E-state index contributed by atoms with van der Waals surface area (Å²) in [6.45, 7) is 5.92. The SMILES string of the molecule is C=CNc1ccc([N+](=O)[O-])c(N)n1.C=N.